The highest BCUT2D eigenvalue weighted by atomic mass is 16.5. The number of rotatable bonds is 40. The maximum Gasteiger partial charge on any atom is 0.307 e. The molecule has 0 aromatic carbocycles. The lowest BCUT2D eigenvalue weighted by Crippen LogP contribution is -2.51. The number of esters is 1. The molecule has 1 fully saturated rings. The van der Waals surface area contributed by atoms with Crippen LogP contribution < -0.4 is 5.32 Å². The number of hydrogen-bond acceptors (Lipinski definition) is 7. The molecule has 1 aliphatic rings. The first kappa shape index (κ1) is 53.3. The normalized spacial score (nSPS) is 14.7. The van der Waals surface area contributed by atoms with Gasteiger partial charge in [-0.15, -0.1) is 0 Å². The molecule has 1 atom stereocenters. The molecule has 58 heavy (non-hydrogen) atoms. The van der Waals surface area contributed by atoms with Crippen molar-refractivity contribution in [1.29, 1.82) is 0 Å². The third-order valence-electron chi connectivity index (χ3n) is 10.8. The number of unbranched alkanes of at least 4 members (excludes halogenated alkanes) is 18. The van der Waals surface area contributed by atoms with E-state index >= 15 is 0 Å². The van der Waals surface area contributed by atoms with E-state index in [9.17, 15) is 14.7 Å². The lowest BCUT2D eigenvalue weighted by atomic mass is 10.1. The Labute approximate surface area is 357 Å². The van der Waals surface area contributed by atoms with Gasteiger partial charge in [0.15, 0.2) is 0 Å². The van der Waals surface area contributed by atoms with Crippen molar-refractivity contribution in [2.45, 2.75) is 187 Å². The maximum atomic E-state index is 13.1. The molecule has 2 N–H and O–H groups in total. The van der Waals surface area contributed by atoms with Crippen LogP contribution in [0.4, 0.5) is 0 Å². The summed E-state index contributed by atoms with van der Waals surface area (Å²) in [4.78, 5) is 30.3. The van der Waals surface area contributed by atoms with Gasteiger partial charge in [-0.3, -0.25) is 19.4 Å². The average Bonchev–Trinajstić information content (AvgIpc) is 3.21. The summed E-state index contributed by atoms with van der Waals surface area (Å²) < 4.78 is 11.6. The first-order valence-corrected chi connectivity index (χ1v) is 23.9. The van der Waals surface area contributed by atoms with Crippen LogP contribution in [0, 0.1) is 0 Å². The summed E-state index contributed by atoms with van der Waals surface area (Å²) in [7, 11) is 0. The third kappa shape index (κ3) is 35.3. The van der Waals surface area contributed by atoms with Crippen molar-refractivity contribution in [3.8, 4) is 0 Å². The molecule has 1 amide bonds. The van der Waals surface area contributed by atoms with Crippen LogP contribution in [0.2, 0.25) is 0 Å². The highest BCUT2D eigenvalue weighted by Gasteiger charge is 2.23. The number of β-amino-alcohol motifs (C(OH)–C–C–N with tert-alkyl or cyclic N) is 1. The zero-order valence-corrected chi connectivity index (χ0v) is 37.6. The van der Waals surface area contributed by atoms with Gasteiger partial charge in [-0.05, 0) is 77.0 Å². The molecule has 334 valence electrons. The largest absolute Gasteiger partial charge is 0.498 e. The number of amides is 1. The van der Waals surface area contributed by atoms with Gasteiger partial charge in [0.25, 0.3) is 0 Å². The number of ether oxygens (including phenoxy) is 2. The molecule has 1 rings (SSSR count). The Morgan fingerprint density at radius 3 is 1.50 bits per heavy atom. The molecule has 1 heterocycles. The van der Waals surface area contributed by atoms with Gasteiger partial charge in [-0.25, -0.2) is 0 Å². The van der Waals surface area contributed by atoms with Crippen molar-refractivity contribution >= 4 is 11.9 Å². The van der Waals surface area contributed by atoms with Crippen molar-refractivity contribution in [3.05, 3.63) is 60.9 Å². The predicted molar refractivity (Wildman–Crippen MR) is 246 cm³/mol. The van der Waals surface area contributed by atoms with Gasteiger partial charge in [0.05, 0.1) is 38.5 Å². The van der Waals surface area contributed by atoms with Crippen LogP contribution in [0.3, 0.4) is 0 Å². The number of aliphatic hydroxyl groups is 1. The molecule has 0 spiro atoms. The number of hydrogen-bond donors (Lipinski definition) is 2. The minimum atomic E-state index is -0.421. The number of nitrogens with zero attached hydrogens (tertiary/aromatic N) is 2. The molecule has 0 aromatic heterocycles. The number of carbonyl (C=O) groups is 2. The topological polar surface area (TPSA) is 91.3 Å². The molecular weight excluding hydrogens is 723 g/mol. The first-order chi connectivity index (χ1) is 28.5. The molecule has 1 aliphatic heterocycles. The van der Waals surface area contributed by atoms with E-state index in [1.807, 2.05) is 0 Å². The summed E-state index contributed by atoms with van der Waals surface area (Å²) in [5.74, 6) is 0.211. The van der Waals surface area contributed by atoms with E-state index in [1.54, 1.807) is 0 Å². The Hall–Kier alpha value is -2.68. The molecule has 0 aromatic rings. The number of nitrogens with one attached hydrogen (secondary N) is 1. The quantitative estimate of drug-likeness (QED) is 0.0276. The zero-order chi connectivity index (χ0) is 42.0. The van der Waals surface area contributed by atoms with E-state index in [-0.39, 0.29) is 31.4 Å². The fraction of sp³-hybridized carbons (Fsp3) is 0.760. The van der Waals surface area contributed by atoms with Crippen molar-refractivity contribution in [2.75, 3.05) is 59.1 Å². The Morgan fingerprint density at radius 2 is 1.02 bits per heavy atom. The van der Waals surface area contributed by atoms with E-state index in [4.69, 9.17) is 9.47 Å². The number of piperazine rings is 1. The molecule has 8 nitrogen and oxygen atoms in total. The van der Waals surface area contributed by atoms with E-state index in [0.717, 1.165) is 84.0 Å². The molecule has 1 unspecified atom stereocenters. The summed E-state index contributed by atoms with van der Waals surface area (Å²) in [5, 5.41) is 12.3. The molecule has 0 bridgehead atoms. The van der Waals surface area contributed by atoms with Crippen molar-refractivity contribution in [2.24, 2.45) is 0 Å². The summed E-state index contributed by atoms with van der Waals surface area (Å²) in [6.45, 7) is 13.9. The van der Waals surface area contributed by atoms with Gasteiger partial charge >= 0.3 is 5.97 Å². The maximum absolute atomic E-state index is 13.1. The Kier molecular flexibility index (Phi) is 37.8. The number of carbonyl (C=O) groups excluding carboxylic acids is 2. The highest BCUT2D eigenvalue weighted by Crippen LogP contribution is 2.14. The molecule has 1 saturated heterocycles. The van der Waals surface area contributed by atoms with Crippen molar-refractivity contribution in [1.82, 2.24) is 15.1 Å². The fourth-order valence-corrected chi connectivity index (χ4v) is 7.14. The van der Waals surface area contributed by atoms with Crippen LogP contribution in [0.15, 0.2) is 60.9 Å². The molecule has 0 radical (unpaired) electrons. The van der Waals surface area contributed by atoms with Crippen LogP contribution in [0.5, 0.6) is 0 Å². The zero-order valence-electron chi connectivity index (χ0n) is 37.6. The molecule has 0 saturated carbocycles. The van der Waals surface area contributed by atoms with E-state index < -0.39 is 6.04 Å². The first-order valence-electron chi connectivity index (χ1n) is 23.9. The Balaban J connectivity index is 2.29. The van der Waals surface area contributed by atoms with Crippen molar-refractivity contribution in [3.63, 3.8) is 0 Å². The smallest absolute Gasteiger partial charge is 0.307 e. The lowest BCUT2D eigenvalue weighted by molar-refractivity contribution is -0.144. The molecule has 8 heteroatoms. The SMILES string of the molecule is C=C(CC(CC(=O)OCCCCCCCC/C=C\C/C=C\CCCCC)NC(=O)CN1CCN(CCO)CC1)OCCCCCCCC/C=C\C/C=C\CCCCC. The van der Waals surface area contributed by atoms with Gasteiger partial charge in [-0.2, -0.15) is 0 Å². The Morgan fingerprint density at radius 1 is 0.586 bits per heavy atom. The fourth-order valence-electron chi connectivity index (χ4n) is 7.14. The van der Waals surface area contributed by atoms with E-state index in [0.29, 0.717) is 31.9 Å². The standard InChI is InChI=1S/C50H89N3O5/c1-4-6-8-10-12-14-16-18-20-22-24-26-28-30-32-34-42-57-47(3)44-48(51-49(55)46-53-38-36-52(37-39-53)40-41-54)45-50(56)58-43-35-33-31-29-27-25-23-21-19-17-15-13-11-9-7-5-2/h12-15,18-21,48,54H,3-11,16-17,22-46H2,1-2H3,(H,51,55)/b14-12-,15-13-,20-18-,21-19-. The second-order valence-electron chi connectivity index (χ2n) is 16.3. The second kappa shape index (κ2) is 41.1. The van der Waals surface area contributed by atoms with Gasteiger partial charge in [0.2, 0.25) is 5.91 Å². The Bertz CT molecular complexity index is 1030. The number of allylic oxidation sites excluding steroid dienone is 8. The van der Waals surface area contributed by atoms with E-state index in [1.165, 1.54) is 96.3 Å². The summed E-state index contributed by atoms with van der Waals surface area (Å²) in [6.07, 6.45) is 47.3. The number of aliphatic hydroxyl groups excluding tert-OH is 1. The minimum absolute atomic E-state index is 0.100. The van der Waals surface area contributed by atoms with Gasteiger partial charge < -0.3 is 19.9 Å². The van der Waals surface area contributed by atoms with Crippen molar-refractivity contribution < 1.29 is 24.2 Å². The average molecular weight is 812 g/mol. The van der Waals surface area contributed by atoms with Gasteiger partial charge in [0.1, 0.15) is 0 Å². The summed E-state index contributed by atoms with van der Waals surface area (Å²) in [5.41, 5.74) is 0. The van der Waals surface area contributed by atoms with E-state index in [2.05, 4.69) is 84.2 Å². The predicted octanol–water partition coefficient (Wildman–Crippen LogP) is 11.6. The summed E-state index contributed by atoms with van der Waals surface area (Å²) >= 11 is 0. The summed E-state index contributed by atoms with van der Waals surface area (Å²) in [6, 6.07) is -0.421. The second-order valence-corrected chi connectivity index (χ2v) is 16.3. The van der Waals surface area contributed by atoms with Crippen LogP contribution in [-0.2, 0) is 19.1 Å². The van der Waals surface area contributed by atoms with Crippen LogP contribution in [-0.4, -0.2) is 91.9 Å². The molecule has 0 aliphatic carbocycles. The molecular formula is C50H89N3O5. The monoisotopic (exact) mass is 812 g/mol. The van der Waals surface area contributed by atoms with Gasteiger partial charge in [-0.1, -0.05) is 146 Å². The lowest BCUT2D eigenvalue weighted by Gasteiger charge is -2.34. The highest BCUT2D eigenvalue weighted by molar-refractivity contribution is 5.79. The van der Waals surface area contributed by atoms with Crippen LogP contribution in [0.25, 0.3) is 0 Å². The third-order valence-corrected chi connectivity index (χ3v) is 10.8. The van der Waals surface area contributed by atoms with Crippen LogP contribution in [0.1, 0.15) is 181 Å². The van der Waals surface area contributed by atoms with Gasteiger partial charge in [0, 0.05) is 45.2 Å². The minimum Gasteiger partial charge on any atom is -0.498 e. The van der Waals surface area contributed by atoms with Crippen LogP contribution >= 0.6 is 0 Å².